The SMILES string of the molecule is [Br-].[Br-].[Br-].[Hf+3][CH]1C(c2ccccc2)=Cc2ccccc21. The van der Waals surface area contributed by atoms with E-state index in [-0.39, 0.29) is 50.9 Å². The molecule has 0 bridgehead atoms. The van der Waals surface area contributed by atoms with E-state index in [0.29, 0.717) is 3.67 Å². The summed E-state index contributed by atoms with van der Waals surface area (Å²) in [5, 5.41) is 0. The van der Waals surface area contributed by atoms with Crippen LogP contribution < -0.4 is 50.9 Å². The molecule has 2 aromatic carbocycles. The van der Waals surface area contributed by atoms with Gasteiger partial charge in [0.05, 0.1) is 0 Å². The third-order valence-corrected chi connectivity index (χ3v) is 5.27. The predicted octanol–water partition coefficient (Wildman–Crippen LogP) is -5.16. The summed E-state index contributed by atoms with van der Waals surface area (Å²) in [5.41, 5.74) is 5.78. The molecule has 3 rings (SSSR count). The number of fused-ring (bicyclic) bond motifs is 1. The van der Waals surface area contributed by atoms with Crippen molar-refractivity contribution in [1.29, 1.82) is 0 Å². The second-order valence-corrected chi connectivity index (χ2v) is 6.10. The fraction of sp³-hybridized carbons (Fsp3) is 0.0667. The molecule has 0 nitrogen and oxygen atoms in total. The molecule has 0 heterocycles. The topological polar surface area (TPSA) is 0 Å². The van der Waals surface area contributed by atoms with E-state index >= 15 is 0 Å². The Morgan fingerprint density at radius 3 is 1.95 bits per heavy atom. The molecule has 0 radical (unpaired) electrons. The average molecular weight is 609 g/mol. The van der Waals surface area contributed by atoms with Gasteiger partial charge in [-0.3, -0.25) is 0 Å². The van der Waals surface area contributed by atoms with Crippen molar-refractivity contribution in [2.45, 2.75) is 3.67 Å². The van der Waals surface area contributed by atoms with Crippen molar-refractivity contribution in [3.8, 4) is 0 Å². The van der Waals surface area contributed by atoms with Crippen molar-refractivity contribution in [2.75, 3.05) is 0 Å². The first kappa shape index (κ1) is 19.5. The first-order valence-corrected chi connectivity index (χ1v) is 7.51. The Hall–Kier alpha value is 0.490. The predicted molar refractivity (Wildman–Crippen MR) is 63.5 cm³/mol. The van der Waals surface area contributed by atoms with Gasteiger partial charge in [-0.05, 0) is 0 Å². The first-order chi connectivity index (χ1) is 7.86. The number of halogens is 3. The maximum absolute atomic E-state index is 2.35. The molecular weight excluding hydrogens is 598 g/mol. The number of hydrogen-bond donors (Lipinski definition) is 0. The molecule has 0 N–H and O–H groups in total. The van der Waals surface area contributed by atoms with Gasteiger partial charge in [0.1, 0.15) is 0 Å². The summed E-state index contributed by atoms with van der Waals surface area (Å²) in [5.74, 6) is 0. The van der Waals surface area contributed by atoms with Crippen LogP contribution in [-0.2, 0) is 24.4 Å². The molecule has 2 aromatic rings. The Morgan fingerprint density at radius 1 is 0.737 bits per heavy atom. The summed E-state index contributed by atoms with van der Waals surface area (Å²) in [6, 6.07) is 19.5. The Morgan fingerprint density at radius 2 is 1.32 bits per heavy atom. The van der Waals surface area contributed by atoms with Crippen molar-refractivity contribution in [3.63, 3.8) is 0 Å². The van der Waals surface area contributed by atoms with E-state index in [1.807, 2.05) is 0 Å². The van der Waals surface area contributed by atoms with Crippen molar-refractivity contribution < 1.29 is 75.3 Å². The van der Waals surface area contributed by atoms with E-state index in [0.717, 1.165) is 0 Å². The third kappa shape index (κ3) is 3.99. The summed E-state index contributed by atoms with van der Waals surface area (Å²) in [4.78, 5) is 0. The molecule has 0 aromatic heterocycles. The second-order valence-electron chi connectivity index (χ2n) is 4.03. The Bertz CT molecular complexity index is 552. The van der Waals surface area contributed by atoms with E-state index in [1.54, 1.807) is 0 Å². The Labute approximate surface area is 160 Å². The molecule has 0 saturated carbocycles. The van der Waals surface area contributed by atoms with Crippen LogP contribution in [0.25, 0.3) is 11.6 Å². The fourth-order valence-corrected chi connectivity index (χ4v) is 4.05. The Balaban J connectivity index is 0.00000108. The minimum absolute atomic E-state index is 0. The molecular formula is C15H11Br3Hf. The summed E-state index contributed by atoms with van der Waals surface area (Å²) in [6.45, 7) is 0. The molecule has 19 heavy (non-hydrogen) atoms. The Kier molecular flexibility index (Phi) is 8.93. The zero-order chi connectivity index (χ0) is 11.0. The standard InChI is InChI=1S/C15H11.3BrH.Hf/c1-2-6-12(7-3-1)15-10-13-8-4-5-9-14(13)11-15;;;;/h1-11H;3*1H;/q;;;;+3/p-3. The van der Waals surface area contributed by atoms with E-state index in [4.69, 9.17) is 0 Å². The van der Waals surface area contributed by atoms with Crippen LogP contribution in [-0.4, -0.2) is 0 Å². The van der Waals surface area contributed by atoms with Gasteiger partial charge in [0, 0.05) is 0 Å². The van der Waals surface area contributed by atoms with E-state index in [2.05, 4.69) is 60.7 Å². The summed E-state index contributed by atoms with van der Waals surface area (Å²) in [6.07, 6.45) is 2.35. The molecule has 1 atom stereocenters. The molecule has 0 amide bonds. The van der Waals surface area contributed by atoms with Gasteiger partial charge in [0.2, 0.25) is 0 Å². The zero-order valence-corrected chi connectivity index (χ0v) is 18.3. The van der Waals surface area contributed by atoms with Gasteiger partial charge in [-0.1, -0.05) is 0 Å². The summed E-state index contributed by atoms with van der Waals surface area (Å²) < 4.78 is 0.651. The molecule has 1 aliphatic carbocycles. The van der Waals surface area contributed by atoms with Crippen molar-refractivity contribution in [2.24, 2.45) is 0 Å². The second kappa shape index (κ2) is 8.71. The van der Waals surface area contributed by atoms with Crippen molar-refractivity contribution >= 4 is 11.6 Å². The van der Waals surface area contributed by atoms with Gasteiger partial charge >= 0.3 is 111 Å². The minimum atomic E-state index is 0. The van der Waals surface area contributed by atoms with Crippen LogP contribution in [0.1, 0.15) is 20.4 Å². The number of allylic oxidation sites excluding steroid dienone is 1. The molecule has 0 saturated heterocycles. The van der Waals surface area contributed by atoms with Crippen molar-refractivity contribution in [3.05, 3.63) is 71.3 Å². The fourth-order valence-electron chi connectivity index (χ4n) is 2.20. The molecule has 0 spiro atoms. The quantitative estimate of drug-likeness (QED) is 0.284. The van der Waals surface area contributed by atoms with Crippen LogP contribution in [0, 0.1) is 0 Å². The monoisotopic (exact) mass is 608 g/mol. The van der Waals surface area contributed by atoms with Gasteiger partial charge < -0.3 is 50.9 Å². The van der Waals surface area contributed by atoms with Crippen LogP contribution in [0.15, 0.2) is 54.6 Å². The van der Waals surface area contributed by atoms with Gasteiger partial charge in [-0.25, -0.2) is 0 Å². The van der Waals surface area contributed by atoms with Crippen molar-refractivity contribution in [1.82, 2.24) is 0 Å². The zero-order valence-electron chi connectivity index (χ0n) is 9.98. The number of rotatable bonds is 1. The molecule has 4 heteroatoms. The summed E-state index contributed by atoms with van der Waals surface area (Å²) in [7, 11) is 0. The van der Waals surface area contributed by atoms with Crippen LogP contribution in [0.3, 0.4) is 0 Å². The van der Waals surface area contributed by atoms with Crippen LogP contribution in [0.2, 0.25) is 0 Å². The molecule has 1 aliphatic rings. The van der Waals surface area contributed by atoms with Gasteiger partial charge in [0.15, 0.2) is 0 Å². The molecule has 1 unspecified atom stereocenters. The number of hydrogen-bond acceptors (Lipinski definition) is 0. The van der Waals surface area contributed by atoms with E-state index in [9.17, 15) is 0 Å². The van der Waals surface area contributed by atoms with Crippen LogP contribution in [0.5, 0.6) is 0 Å². The average Bonchev–Trinajstić information content (AvgIpc) is 2.69. The van der Waals surface area contributed by atoms with Gasteiger partial charge in [0.25, 0.3) is 0 Å². The maximum atomic E-state index is 2.35. The van der Waals surface area contributed by atoms with E-state index < -0.39 is 0 Å². The van der Waals surface area contributed by atoms with Gasteiger partial charge in [-0.2, -0.15) is 0 Å². The first-order valence-electron chi connectivity index (χ1n) is 5.43. The molecule has 96 valence electrons. The number of benzene rings is 2. The summed E-state index contributed by atoms with van der Waals surface area (Å²) >= 11 is 1.18. The van der Waals surface area contributed by atoms with Crippen LogP contribution in [0.4, 0.5) is 0 Å². The molecule has 0 aliphatic heterocycles. The third-order valence-electron chi connectivity index (χ3n) is 3.04. The normalized spacial score (nSPS) is 15.3. The van der Waals surface area contributed by atoms with Gasteiger partial charge in [-0.15, -0.1) is 0 Å². The van der Waals surface area contributed by atoms with Crippen LogP contribution >= 0.6 is 0 Å². The molecule has 0 fully saturated rings. The van der Waals surface area contributed by atoms with E-state index in [1.165, 1.54) is 46.6 Å².